The molecule has 0 aromatic carbocycles. The van der Waals surface area contributed by atoms with Gasteiger partial charge in [0.05, 0.1) is 0 Å². The Balaban J connectivity index is 1.62. The van der Waals surface area contributed by atoms with Crippen molar-refractivity contribution in [2.45, 2.75) is 76.7 Å². The van der Waals surface area contributed by atoms with E-state index < -0.39 is 0 Å². The number of hydrogen-bond donors (Lipinski definition) is 1. The quantitative estimate of drug-likeness (QED) is 0.865. The normalized spacial score (nSPS) is 22.6. The van der Waals surface area contributed by atoms with Gasteiger partial charge in [-0.2, -0.15) is 4.98 Å². The van der Waals surface area contributed by atoms with Crippen LogP contribution in [0.25, 0.3) is 0 Å². The molecule has 0 radical (unpaired) electrons. The summed E-state index contributed by atoms with van der Waals surface area (Å²) < 4.78 is 5.51. The summed E-state index contributed by atoms with van der Waals surface area (Å²) in [5.74, 6) is 3.14. The molecule has 2 aliphatic carbocycles. The third-order valence-electron chi connectivity index (χ3n) is 5.03. The molecule has 1 unspecified atom stereocenters. The van der Waals surface area contributed by atoms with E-state index in [2.05, 4.69) is 22.4 Å². The van der Waals surface area contributed by atoms with Gasteiger partial charge in [-0.15, -0.1) is 0 Å². The average Bonchev–Trinajstić information content (AvgIpc) is 3.20. The molecule has 4 nitrogen and oxygen atoms in total. The monoisotopic (exact) mass is 277 g/mol. The van der Waals surface area contributed by atoms with Gasteiger partial charge in [0.1, 0.15) is 0 Å². The van der Waals surface area contributed by atoms with Crippen LogP contribution in [0, 0.1) is 5.92 Å². The largest absolute Gasteiger partial charge is 0.339 e. The maximum atomic E-state index is 5.51. The molecule has 0 aliphatic heterocycles. The molecule has 1 atom stereocenters. The summed E-state index contributed by atoms with van der Waals surface area (Å²) in [6, 6.07) is 0.513. The molecule has 20 heavy (non-hydrogen) atoms. The van der Waals surface area contributed by atoms with Gasteiger partial charge in [-0.3, -0.25) is 0 Å². The van der Waals surface area contributed by atoms with E-state index in [-0.39, 0.29) is 0 Å². The molecule has 1 N–H and O–H groups in total. The first-order chi connectivity index (χ1) is 9.86. The van der Waals surface area contributed by atoms with Crippen molar-refractivity contribution < 1.29 is 4.52 Å². The Morgan fingerprint density at radius 3 is 2.55 bits per heavy atom. The molecule has 0 spiro atoms. The summed E-state index contributed by atoms with van der Waals surface area (Å²) >= 11 is 0. The van der Waals surface area contributed by atoms with E-state index in [0.717, 1.165) is 30.6 Å². The van der Waals surface area contributed by atoms with Crippen LogP contribution in [-0.4, -0.2) is 22.7 Å². The summed E-state index contributed by atoms with van der Waals surface area (Å²) in [5.41, 5.74) is 0. The van der Waals surface area contributed by atoms with Gasteiger partial charge >= 0.3 is 0 Å². The van der Waals surface area contributed by atoms with Gasteiger partial charge in [0.25, 0.3) is 0 Å². The highest BCUT2D eigenvalue weighted by molar-refractivity contribution is 4.99. The second-order valence-electron chi connectivity index (χ2n) is 6.44. The Morgan fingerprint density at radius 2 is 1.85 bits per heavy atom. The van der Waals surface area contributed by atoms with Crippen molar-refractivity contribution >= 4 is 0 Å². The highest BCUT2D eigenvalue weighted by Gasteiger charge is 2.27. The van der Waals surface area contributed by atoms with E-state index >= 15 is 0 Å². The van der Waals surface area contributed by atoms with Crippen LogP contribution >= 0.6 is 0 Å². The molecule has 0 amide bonds. The SMILES string of the molecule is CCNC(Cc1nc(C2CCCC2)no1)C1CCCC1. The van der Waals surface area contributed by atoms with Crippen LogP contribution < -0.4 is 5.32 Å². The zero-order chi connectivity index (χ0) is 13.8. The maximum Gasteiger partial charge on any atom is 0.228 e. The highest BCUT2D eigenvalue weighted by Crippen LogP contribution is 2.33. The number of likely N-dealkylation sites (N-methyl/N-ethyl adjacent to an activating group) is 1. The average molecular weight is 277 g/mol. The molecular formula is C16H27N3O. The minimum Gasteiger partial charge on any atom is -0.339 e. The van der Waals surface area contributed by atoms with Gasteiger partial charge in [-0.25, -0.2) is 0 Å². The van der Waals surface area contributed by atoms with Gasteiger partial charge in [0, 0.05) is 18.4 Å². The topological polar surface area (TPSA) is 51.0 Å². The smallest absolute Gasteiger partial charge is 0.228 e. The molecule has 2 aliphatic rings. The molecule has 2 fully saturated rings. The molecular weight excluding hydrogens is 250 g/mol. The Morgan fingerprint density at radius 1 is 1.15 bits per heavy atom. The molecule has 2 saturated carbocycles. The van der Waals surface area contributed by atoms with E-state index in [0.29, 0.717) is 12.0 Å². The van der Waals surface area contributed by atoms with Gasteiger partial charge < -0.3 is 9.84 Å². The fourth-order valence-corrected chi connectivity index (χ4v) is 3.92. The van der Waals surface area contributed by atoms with Crippen LogP contribution in [0.2, 0.25) is 0 Å². The Hall–Kier alpha value is -0.900. The lowest BCUT2D eigenvalue weighted by Gasteiger charge is -2.22. The summed E-state index contributed by atoms with van der Waals surface area (Å²) in [6.07, 6.45) is 11.5. The number of rotatable bonds is 6. The first-order valence-corrected chi connectivity index (χ1v) is 8.42. The van der Waals surface area contributed by atoms with Gasteiger partial charge in [-0.1, -0.05) is 37.8 Å². The maximum absolute atomic E-state index is 5.51. The van der Waals surface area contributed by atoms with Gasteiger partial charge in [0.15, 0.2) is 5.82 Å². The Bertz CT molecular complexity index is 406. The van der Waals surface area contributed by atoms with E-state index in [1.807, 2.05) is 0 Å². The van der Waals surface area contributed by atoms with E-state index in [1.54, 1.807) is 0 Å². The summed E-state index contributed by atoms with van der Waals surface area (Å²) in [6.45, 7) is 3.20. The summed E-state index contributed by atoms with van der Waals surface area (Å²) in [7, 11) is 0. The van der Waals surface area contributed by atoms with Crippen LogP contribution in [0.3, 0.4) is 0 Å². The third kappa shape index (κ3) is 3.22. The van der Waals surface area contributed by atoms with Crippen LogP contribution in [0.5, 0.6) is 0 Å². The summed E-state index contributed by atoms with van der Waals surface area (Å²) in [5, 5.41) is 7.85. The van der Waals surface area contributed by atoms with Crippen LogP contribution in [0.4, 0.5) is 0 Å². The Kier molecular flexibility index (Phi) is 4.71. The van der Waals surface area contributed by atoms with Crippen molar-refractivity contribution in [1.29, 1.82) is 0 Å². The minimum absolute atomic E-state index is 0.513. The number of aromatic nitrogens is 2. The summed E-state index contributed by atoms with van der Waals surface area (Å²) in [4.78, 5) is 4.67. The molecule has 1 aromatic heterocycles. The Labute approximate surface area is 121 Å². The number of nitrogens with one attached hydrogen (secondary N) is 1. The molecule has 4 heteroatoms. The van der Waals surface area contributed by atoms with Crippen molar-refractivity contribution in [1.82, 2.24) is 15.5 Å². The lowest BCUT2D eigenvalue weighted by molar-refractivity contribution is 0.309. The van der Waals surface area contributed by atoms with E-state index in [4.69, 9.17) is 4.52 Å². The molecule has 1 aromatic rings. The van der Waals surface area contributed by atoms with Crippen LogP contribution in [-0.2, 0) is 6.42 Å². The lowest BCUT2D eigenvalue weighted by Crippen LogP contribution is -2.37. The van der Waals surface area contributed by atoms with E-state index in [9.17, 15) is 0 Å². The number of hydrogen-bond acceptors (Lipinski definition) is 4. The molecule has 3 rings (SSSR count). The lowest BCUT2D eigenvalue weighted by atomic mass is 9.95. The second kappa shape index (κ2) is 6.70. The van der Waals surface area contributed by atoms with Crippen molar-refractivity contribution in [3.63, 3.8) is 0 Å². The first kappa shape index (κ1) is 14.1. The standard InChI is InChI=1S/C16H27N3O/c1-2-17-14(12-7-3-4-8-12)11-15-18-16(19-20-15)13-9-5-6-10-13/h12-14,17H,2-11H2,1H3. The van der Waals surface area contributed by atoms with Crippen molar-refractivity contribution in [2.75, 3.05) is 6.54 Å². The zero-order valence-corrected chi connectivity index (χ0v) is 12.6. The molecule has 112 valence electrons. The highest BCUT2D eigenvalue weighted by atomic mass is 16.5. The number of nitrogens with zero attached hydrogens (tertiary/aromatic N) is 2. The molecule has 0 bridgehead atoms. The predicted molar refractivity (Wildman–Crippen MR) is 78.6 cm³/mol. The molecule has 0 saturated heterocycles. The minimum atomic E-state index is 0.513. The zero-order valence-electron chi connectivity index (χ0n) is 12.6. The van der Waals surface area contributed by atoms with Crippen LogP contribution in [0.15, 0.2) is 4.52 Å². The van der Waals surface area contributed by atoms with Crippen LogP contribution in [0.1, 0.15) is 75.9 Å². The fraction of sp³-hybridized carbons (Fsp3) is 0.875. The predicted octanol–water partition coefficient (Wildman–Crippen LogP) is 3.44. The van der Waals surface area contributed by atoms with E-state index in [1.165, 1.54) is 51.4 Å². The van der Waals surface area contributed by atoms with Gasteiger partial charge in [0.2, 0.25) is 5.89 Å². The van der Waals surface area contributed by atoms with Crippen molar-refractivity contribution in [2.24, 2.45) is 5.92 Å². The van der Waals surface area contributed by atoms with Crippen molar-refractivity contribution in [3.8, 4) is 0 Å². The molecule has 1 heterocycles. The fourth-order valence-electron chi connectivity index (χ4n) is 3.92. The van der Waals surface area contributed by atoms with Gasteiger partial charge in [-0.05, 0) is 38.1 Å². The second-order valence-corrected chi connectivity index (χ2v) is 6.44. The van der Waals surface area contributed by atoms with Crippen molar-refractivity contribution in [3.05, 3.63) is 11.7 Å². The first-order valence-electron chi connectivity index (χ1n) is 8.42. The third-order valence-corrected chi connectivity index (χ3v) is 5.03.